The van der Waals surface area contributed by atoms with Gasteiger partial charge in [-0.25, -0.2) is 0 Å². The van der Waals surface area contributed by atoms with Crippen molar-refractivity contribution in [1.29, 1.82) is 0 Å². The molecule has 0 N–H and O–H groups in total. The zero-order valence-electron chi connectivity index (χ0n) is 9.04. The van der Waals surface area contributed by atoms with Crippen LogP contribution in [0, 0.1) is 5.21 Å². The van der Waals surface area contributed by atoms with E-state index in [0.717, 1.165) is 20.6 Å². The molecule has 0 saturated carbocycles. The summed E-state index contributed by atoms with van der Waals surface area (Å²) in [5, 5.41) is 11.9. The standard InChI is InChI=1S/C11H16BrNO/c1-7(2)10-5-9(12)6-11(8(3)4)13(10)14/h5-8H,1-4H3. The molecule has 3 heteroatoms. The molecular formula is C11H16BrNO. The number of hydrogen-bond acceptors (Lipinski definition) is 1. The highest BCUT2D eigenvalue weighted by molar-refractivity contribution is 9.10. The summed E-state index contributed by atoms with van der Waals surface area (Å²) in [5.74, 6) is 0.505. The van der Waals surface area contributed by atoms with E-state index in [9.17, 15) is 5.21 Å². The summed E-state index contributed by atoms with van der Waals surface area (Å²) in [6.45, 7) is 8.11. The Bertz CT molecular complexity index is 305. The van der Waals surface area contributed by atoms with Crippen LogP contribution < -0.4 is 4.73 Å². The quantitative estimate of drug-likeness (QED) is 0.590. The maximum absolute atomic E-state index is 11.9. The highest BCUT2D eigenvalue weighted by Gasteiger charge is 2.18. The van der Waals surface area contributed by atoms with Crippen molar-refractivity contribution in [3.05, 3.63) is 33.2 Å². The summed E-state index contributed by atoms with van der Waals surface area (Å²) in [6.07, 6.45) is 0. The number of aromatic nitrogens is 1. The fourth-order valence-corrected chi connectivity index (χ4v) is 1.86. The van der Waals surface area contributed by atoms with Gasteiger partial charge in [0.25, 0.3) is 0 Å². The molecule has 1 heterocycles. The van der Waals surface area contributed by atoms with E-state index in [1.54, 1.807) is 0 Å². The van der Waals surface area contributed by atoms with Crippen molar-refractivity contribution in [2.75, 3.05) is 0 Å². The Balaban J connectivity index is 3.32. The summed E-state index contributed by atoms with van der Waals surface area (Å²) in [7, 11) is 0. The second-order valence-electron chi connectivity index (χ2n) is 4.13. The van der Waals surface area contributed by atoms with Gasteiger partial charge in [0.15, 0.2) is 11.4 Å². The lowest BCUT2D eigenvalue weighted by atomic mass is 10.1. The van der Waals surface area contributed by atoms with Gasteiger partial charge in [-0.3, -0.25) is 0 Å². The average Bonchev–Trinajstić information content (AvgIpc) is 2.07. The van der Waals surface area contributed by atoms with Crippen LogP contribution in [0.4, 0.5) is 0 Å². The smallest absolute Gasteiger partial charge is 0.196 e. The summed E-state index contributed by atoms with van der Waals surface area (Å²) in [4.78, 5) is 0. The van der Waals surface area contributed by atoms with Gasteiger partial charge in [0, 0.05) is 28.4 Å². The minimum atomic E-state index is 0.252. The molecule has 0 fully saturated rings. The Morgan fingerprint density at radius 1 is 1.07 bits per heavy atom. The molecule has 0 amide bonds. The van der Waals surface area contributed by atoms with Gasteiger partial charge >= 0.3 is 0 Å². The van der Waals surface area contributed by atoms with Crippen LogP contribution in [0.25, 0.3) is 0 Å². The van der Waals surface area contributed by atoms with E-state index < -0.39 is 0 Å². The predicted molar refractivity (Wildman–Crippen MR) is 61.3 cm³/mol. The normalized spacial score (nSPS) is 11.4. The zero-order chi connectivity index (χ0) is 10.9. The Hall–Kier alpha value is -0.570. The Morgan fingerprint density at radius 2 is 1.43 bits per heavy atom. The maximum Gasteiger partial charge on any atom is 0.196 e. The van der Waals surface area contributed by atoms with Gasteiger partial charge in [0.2, 0.25) is 0 Å². The van der Waals surface area contributed by atoms with Crippen LogP contribution in [0.2, 0.25) is 0 Å². The molecule has 2 nitrogen and oxygen atoms in total. The van der Waals surface area contributed by atoms with Crippen molar-refractivity contribution >= 4 is 15.9 Å². The molecule has 0 spiro atoms. The molecule has 0 aliphatic heterocycles. The zero-order valence-corrected chi connectivity index (χ0v) is 10.6. The van der Waals surface area contributed by atoms with E-state index in [4.69, 9.17) is 0 Å². The minimum Gasteiger partial charge on any atom is -0.618 e. The Morgan fingerprint density at radius 3 is 1.71 bits per heavy atom. The summed E-state index contributed by atoms with van der Waals surface area (Å²) < 4.78 is 2.04. The first kappa shape index (κ1) is 11.5. The van der Waals surface area contributed by atoms with Gasteiger partial charge in [0.05, 0.1) is 0 Å². The molecule has 1 rings (SSSR count). The summed E-state index contributed by atoms with van der Waals surface area (Å²) in [5.41, 5.74) is 1.64. The highest BCUT2D eigenvalue weighted by atomic mass is 79.9. The molecule has 0 atom stereocenters. The largest absolute Gasteiger partial charge is 0.618 e. The van der Waals surface area contributed by atoms with Gasteiger partial charge in [-0.05, 0) is 0 Å². The first-order valence-electron chi connectivity index (χ1n) is 4.86. The maximum atomic E-state index is 11.9. The first-order chi connectivity index (χ1) is 6.43. The van der Waals surface area contributed by atoms with E-state index in [0.29, 0.717) is 0 Å². The first-order valence-corrected chi connectivity index (χ1v) is 5.65. The highest BCUT2D eigenvalue weighted by Crippen LogP contribution is 2.20. The molecule has 1 aromatic rings. The van der Waals surface area contributed by atoms with Crippen LogP contribution >= 0.6 is 15.9 Å². The number of pyridine rings is 1. The van der Waals surface area contributed by atoms with E-state index in [1.807, 2.05) is 39.8 Å². The number of hydrogen-bond donors (Lipinski definition) is 0. The van der Waals surface area contributed by atoms with Crippen molar-refractivity contribution in [2.24, 2.45) is 0 Å². The molecule has 0 aromatic carbocycles. The lowest BCUT2D eigenvalue weighted by Crippen LogP contribution is -2.38. The van der Waals surface area contributed by atoms with Crippen LogP contribution in [-0.2, 0) is 0 Å². The third-order valence-electron chi connectivity index (χ3n) is 2.22. The van der Waals surface area contributed by atoms with Gasteiger partial charge in [0.1, 0.15) is 0 Å². The van der Waals surface area contributed by atoms with Gasteiger partial charge < -0.3 is 5.21 Å². The van der Waals surface area contributed by atoms with E-state index in [1.165, 1.54) is 0 Å². The van der Waals surface area contributed by atoms with Gasteiger partial charge in [-0.1, -0.05) is 43.6 Å². The van der Waals surface area contributed by atoms with Crippen LogP contribution in [0.15, 0.2) is 16.6 Å². The predicted octanol–water partition coefficient (Wildman–Crippen LogP) is 3.33. The number of nitrogens with zero attached hydrogens (tertiary/aromatic N) is 1. The molecule has 0 aliphatic carbocycles. The van der Waals surface area contributed by atoms with Crippen LogP contribution in [-0.4, -0.2) is 0 Å². The van der Waals surface area contributed by atoms with Crippen LogP contribution in [0.5, 0.6) is 0 Å². The van der Waals surface area contributed by atoms with E-state index >= 15 is 0 Å². The molecule has 1 aromatic heterocycles. The Kier molecular flexibility index (Phi) is 3.53. The Labute approximate surface area is 93.7 Å². The monoisotopic (exact) mass is 257 g/mol. The van der Waals surface area contributed by atoms with Crippen molar-refractivity contribution in [1.82, 2.24) is 0 Å². The summed E-state index contributed by atoms with van der Waals surface area (Å²) in [6, 6.07) is 3.78. The third kappa shape index (κ3) is 2.27. The molecule has 14 heavy (non-hydrogen) atoms. The van der Waals surface area contributed by atoms with Crippen LogP contribution in [0.1, 0.15) is 50.9 Å². The number of rotatable bonds is 2. The van der Waals surface area contributed by atoms with Crippen molar-refractivity contribution in [3.63, 3.8) is 0 Å². The lowest BCUT2D eigenvalue weighted by Gasteiger charge is -2.13. The minimum absolute atomic E-state index is 0.252. The lowest BCUT2D eigenvalue weighted by molar-refractivity contribution is -0.625. The fourth-order valence-electron chi connectivity index (χ4n) is 1.39. The van der Waals surface area contributed by atoms with E-state index in [2.05, 4.69) is 15.9 Å². The SMILES string of the molecule is CC(C)c1cc(Br)cc(C(C)C)[n+]1[O-]. The second-order valence-corrected chi connectivity index (χ2v) is 5.04. The topological polar surface area (TPSA) is 26.9 Å². The van der Waals surface area contributed by atoms with E-state index in [-0.39, 0.29) is 11.8 Å². The van der Waals surface area contributed by atoms with Gasteiger partial charge in [-0.15, -0.1) is 0 Å². The van der Waals surface area contributed by atoms with Gasteiger partial charge in [-0.2, -0.15) is 4.73 Å². The van der Waals surface area contributed by atoms with Crippen molar-refractivity contribution < 1.29 is 4.73 Å². The molecule has 0 bridgehead atoms. The average molecular weight is 258 g/mol. The van der Waals surface area contributed by atoms with Crippen molar-refractivity contribution in [3.8, 4) is 0 Å². The molecule has 78 valence electrons. The molecular weight excluding hydrogens is 242 g/mol. The molecule has 0 radical (unpaired) electrons. The third-order valence-corrected chi connectivity index (χ3v) is 2.68. The van der Waals surface area contributed by atoms with Crippen LogP contribution in [0.3, 0.4) is 0 Å². The molecule has 0 unspecified atom stereocenters. The fraction of sp³-hybridized carbons (Fsp3) is 0.545. The molecule has 0 saturated heterocycles. The number of halogens is 1. The summed E-state index contributed by atoms with van der Waals surface area (Å²) >= 11 is 3.43. The molecule has 0 aliphatic rings. The second kappa shape index (κ2) is 4.30. The van der Waals surface area contributed by atoms with Crippen molar-refractivity contribution in [2.45, 2.75) is 39.5 Å².